The van der Waals surface area contributed by atoms with E-state index in [1.165, 1.54) is 5.56 Å². The van der Waals surface area contributed by atoms with Crippen molar-refractivity contribution in [2.75, 3.05) is 18.5 Å². The first-order valence-corrected chi connectivity index (χ1v) is 10.1. The largest absolute Gasteiger partial charge is 0.484 e. The molecule has 3 N–H and O–H groups in total. The number of carbonyl (C=O) groups excluding carboxylic acids is 2. The Morgan fingerprint density at radius 3 is 2.60 bits per heavy atom. The van der Waals surface area contributed by atoms with Crippen molar-refractivity contribution in [3.8, 4) is 5.75 Å². The smallest absolute Gasteiger partial charge is 0.276 e. The molecular formula is C23H25N3O4. The Morgan fingerprint density at radius 2 is 1.77 bits per heavy atom. The van der Waals surface area contributed by atoms with Gasteiger partial charge in [-0.15, -0.1) is 0 Å². The number of furan rings is 1. The Kier molecular flexibility index (Phi) is 5.88. The Morgan fingerprint density at radius 1 is 1.00 bits per heavy atom. The van der Waals surface area contributed by atoms with Crippen LogP contribution in [0.3, 0.4) is 0 Å². The fraction of sp³-hybridized carbons (Fsp3) is 0.304. The monoisotopic (exact) mass is 407 g/mol. The number of fused-ring (bicyclic) bond motifs is 3. The molecule has 1 aromatic heterocycles. The average molecular weight is 407 g/mol. The van der Waals surface area contributed by atoms with Crippen LogP contribution >= 0.6 is 0 Å². The first-order valence-electron chi connectivity index (χ1n) is 10.1. The van der Waals surface area contributed by atoms with E-state index >= 15 is 0 Å². The van der Waals surface area contributed by atoms with Crippen LogP contribution in [0.4, 0.5) is 5.69 Å². The highest BCUT2D eigenvalue weighted by Gasteiger charge is 2.18. The van der Waals surface area contributed by atoms with E-state index in [0.717, 1.165) is 53.7 Å². The lowest BCUT2D eigenvalue weighted by molar-refractivity contribution is -0.129. The first-order chi connectivity index (χ1) is 14.6. The summed E-state index contributed by atoms with van der Waals surface area (Å²) < 4.78 is 11.5. The number of hydrogen-bond donors (Lipinski definition) is 3. The van der Waals surface area contributed by atoms with Crippen LogP contribution in [0.1, 0.15) is 29.7 Å². The third kappa shape index (κ3) is 4.74. The number of carbonyl (C=O) groups is 2. The van der Waals surface area contributed by atoms with Crippen molar-refractivity contribution in [2.24, 2.45) is 0 Å². The number of hydrazine groups is 1. The summed E-state index contributed by atoms with van der Waals surface area (Å²) in [6, 6.07) is 13.3. The number of hydrogen-bond acceptors (Lipinski definition) is 5. The van der Waals surface area contributed by atoms with Gasteiger partial charge >= 0.3 is 0 Å². The third-order valence-corrected chi connectivity index (χ3v) is 5.14. The predicted octanol–water partition coefficient (Wildman–Crippen LogP) is 3.26. The average Bonchev–Trinajstić information content (AvgIpc) is 3.14. The molecule has 2 amide bonds. The summed E-state index contributed by atoms with van der Waals surface area (Å²) in [5.74, 6) is 0.871. The summed E-state index contributed by atoms with van der Waals surface area (Å²) in [5.41, 5.74) is 8.81. The van der Waals surface area contributed by atoms with Crippen molar-refractivity contribution in [2.45, 2.75) is 32.6 Å². The summed E-state index contributed by atoms with van der Waals surface area (Å²) in [4.78, 5) is 23.9. The number of amides is 2. The van der Waals surface area contributed by atoms with Crippen molar-refractivity contribution < 1.29 is 18.7 Å². The number of ether oxygens (including phenoxy) is 1. The molecule has 7 heteroatoms. The maximum atomic E-state index is 12.0. The van der Waals surface area contributed by atoms with Crippen molar-refractivity contribution in [3.63, 3.8) is 0 Å². The first kappa shape index (κ1) is 19.8. The SMILES string of the molecule is Cc1ccc(NCC(=O)NNC(=O)COc2ccc3oc4c(c3c2)CCCC4)cc1. The molecule has 0 saturated carbocycles. The van der Waals surface area contributed by atoms with Crippen molar-refractivity contribution in [1.29, 1.82) is 0 Å². The molecule has 0 radical (unpaired) electrons. The van der Waals surface area contributed by atoms with Crippen LogP contribution < -0.4 is 20.9 Å². The van der Waals surface area contributed by atoms with Gasteiger partial charge in [0.15, 0.2) is 6.61 Å². The molecule has 7 nitrogen and oxygen atoms in total. The van der Waals surface area contributed by atoms with Crippen LogP contribution in [-0.4, -0.2) is 25.0 Å². The summed E-state index contributed by atoms with van der Waals surface area (Å²) in [5, 5.41) is 4.04. The van der Waals surface area contributed by atoms with Crippen molar-refractivity contribution in [3.05, 3.63) is 59.4 Å². The van der Waals surface area contributed by atoms with Crippen LogP contribution in [0.5, 0.6) is 5.75 Å². The lowest BCUT2D eigenvalue weighted by Crippen LogP contribution is -2.45. The lowest BCUT2D eigenvalue weighted by Gasteiger charge is -2.10. The Bertz CT molecular complexity index is 1060. The zero-order chi connectivity index (χ0) is 20.9. The van der Waals surface area contributed by atoms with E-state index in [9.17, 15) is 9.59 Å². The highest BCUT2D eigenvalue weighted by atomic mass is 16.5. The van der Waals surface area contributed by atoms with E-state index in [1.807, 2.05) is 43.3 Å². The third-order valence-electron chi connectivity index (χ3n) is 5.14. The maximum absolute atomic E-state index is 12.0. The van der Waals surface area contributed by atoms with Crippen molar-refractivity contribution >= 4 is 28.5 Å². The maximum Gasteiger partial charge on any atom is 0.276 e. The number of rotatable bonds is 6. The summed E-state index contributed by atoms with van der Waals surface area (Å²) in [6.07, 6.45) is 4.30. The highest BCUT2D eigenvalue weighted by molar-refractivity contribution is 5.86. The second-order valence-corrected chi connectivity index (χ2v) is 7.47. The molecule has 1 aliphatic carbocycles. The number of aryl methyl sites for hydroxylation is 3. The van der Waals surface area contributed by atoms with Gasteiger partial charge < -0.3 is 14.5 Å². The number of anilines is 1. The number of nitrogens with one attached hydrogen (secondary N) is 3. The second-order valence-electron chi connectivity index (χ2n) is 7.47. The summed E-state index contributed by atoms with van der Waals surface area (Å²) in [7, 11) is 0. The van der Waals surface area contributed by atoms with E-state index < -0.39 is 5.91 Å². The molecule has 2 aromatic carbocycles. The van der Waals surface area contributed by atoms with Gasteiger partial charge in [0.2, 0.25) is 0 Å². The molecule has 4 rings (SSSR count). The molecule has 0 atom stereocenters. The fourth-order valence-corrected chi connectivity index (χ4v) is 3.55. The van der Waals surface area contributed by atoms with E-state index in [1.54, 1.807) is 6.07 Å². The van der Waals surface area contributed by atoms with Crippen LogP contribution in [0.2, 0.25) is 0 Å². The Labute approximate surface area is 174 Å². The minimum atomic E-state index is -0.437. The van der Waals surface area contributed by atoms with E-state index in [-0.39, 0.29) is 19.1 Å². The molecule has 0 unspecified atom stereocenters. The van der Waals surface area contributed by atoms with Gasteiger partial charge in [0.25, 0.3) is 11.8 Å². The molecule has 156 valence electrons. The van der Waals surface area contributed by atoms with Crippen LogP contribution in [0.25, 0.3) is 11.0 Å². The molecule has 0 spiro atoms. The van der Waals surface area contributed by atoms with Gasteiger partial charge in [-0.1, -0.05) is 17.7 Å². The molecule has 0 bridgehead atoms. The molecule has 1 aliphatic rings. The Hall–Kier alpha value is -3.48. The van der Waals surface area contributed by atoms with Gasteiger partial charge in [-0.2, -0.15) is 0 Å². The van der Waals surface area contributed by atoms with Gasteiger partial charge in [-0.05, 0) is 56.5 Å². The zero-order valence-corrected chi connectivity index (χ0v) is 16.9. The zero-order valence-electron chi connectivity index (χ0n) is 16.9. The highest BCUT2D eigenvalue weighted by Crippen LogP contribution is 2.33. The van der Waals surface area contributed by atoms with Crippen LogP contribution in [0, 0.1) is 6.92 Å². The molecular weight excluding hydrogens is 382 g/mol. The minimum Gasteiger partial charge on any atom is -0.484 e. The quantitative estimate of drug-likeness (QED) is 0.546. The molecule has 0 fully saturated rings. The van der Waals surface area contributed by atoms with Gasteiger partial charge in [0.05, 0.1) is 6.54 Å². The standard InChI is InChI=1S/C23H25N3O4/c1-15-6-8-16(9-7-15)24-13-22(27)25-26-23(28)14-29-17-10-11-21-19(12-17)18-4-2-3-5-20(18)30-21/h6-12,24H,2-5,13-14H2,1H3,(H,25,27)(H,26,28). The second kappa shape index (κ2) is 8.90. The molecule has 1 heterocycles. The molecule has 0 aliphatic heterocycles. The molecule has 3 aromatic rings. The Balaban J connectivity index is 1.23. The van der Waals surface area contributed by atoms with Gasteiger partial charge in [0, 0.05) is 23.1 Å². The van der Waals surface area contributed by atoms with Gasteiger partial charge in [0.1, 0.15) is 17.1 Å². The fourth-order valence-electron chi connectivity index (χ4n) is 3.55. The van der Waals surface area contributed by atoms with Crippen LogP contribution in [-0.2, 0) is 22.4 Å². The summed E-state index contributed by atoms with van der Waals surface area (Å²) >= 11 is 0. The molecule has 30 heavy (non-hydrogen) atoms. The molecule has 0 saturated heterocycles. The van der Waals surface area contributed by atoms with E-state index in [0.29, 0.717) is 5.75 Å². The lowest BCUT2D eigenvalue weighted by atomic mass is 9.96. The van der Waals surface area contributed by atoms with Gasteiger partial charge in [-0.25, -0.2) is 0 Å². The normalized spacial score (nSPS) is 12.8. The number of benzene rings is 2. The van der Waals surface area contributed by atoms with Crippen molar-refractivity contribution in [1.82, 2.24) is 10.9 Å². The predicted molar refractivity (Wildman–Crippen MR) is 114 cm³/mol. The van der Waals surface area contributed by atoms with E-state index in [4.69, 9.17) is 9.15 Å². The minimum absolute atomic E-state index is 0.0481. The van der Waals surface area contributed by atoms with Gasteiger partial charge in [-0.3, -0.25) is 20.4 Å². The van der Waals surface area contributed by atoms with E-state index in [2.05, 4.69) is 16.2 Å². The topological polar surface area (TPSA) is 92.6 Å². The summed E-state index contributed by atoms with van der Waals surface area (Å²) in [6.45, 7) is 1.85. The van der Waals surface area contributed by atoms with Crippen LogP contribution in [0.15, 0.2) is 46.9 Å².